The first-order valence-electron chi connectivity index (χ1n) is 8.55. The Morgan fingerprint density at radius 2 is 1.92 bits per heavy atom. The van der Waals surface area contributed by atoms with E-state index in [0.717, 1.165) is 22.5 Å². The first-order chi connectivity index (χ1) is 12.5. The molecule has 0 aromatic carbocycles. The van der Waals surface area contributed by atoms with Gasteiger partial charge >= 0.3 is 0 Å². The smallest absolute Gasteiger partial charge is 0.272 e. The Kier molecular flexibility index (Phi) is 5.06. The number of rotatable bonds is 5. The Bertz CT molecular complexity index is 903. The van der Waals surface area contributed by atoms with E-state index in [9.17, 15) is 4.79 Å². The maximum atomic E-state index is 12.4. The second kappa shape index (κ2) is 7.43. The summed E-state index contributed by atoms with van der Waals surface area (Å²) in [6.45, 7) is 7.91. The van der Waals surface area contributed by atoms with Gasteiger partial charge in [-0.15, -0.1) is 0 Å². The van der Waals surface area contributed by atoms with Crippen LogP contribution in [-0.2, 0) is 0 Å². The quantitative estimate of drug-likeness (QED) is 0.736. The molecule has 134 valence electrons. The summed E-state index contributed by atoms with van der Waals surface area (Å²) in [5, 5.41) is 9.93. The number of carbonyl (C=O) groups excluding carboxylic acids is 1. The van der Waals surface area contributed by atoms with E-state index in [1.807, 2.05) is 39.8 Å². The summed E-state index contributed by atoms with van der Waals surface area (Å²) in [7, 11) is 0. The van der Waals surface area contributed by atoms with Gasteiger partial charge in [0.15, 0.2) is 5.82 Å². The molecule has 0 aliphatic rings. The lowest BCUT2D eigenvalue weighted by atomic mass is 10.1. The largest absolute Gasteiger partial charge is 0.344 e. The van der Waals surface area contributed by atoms with Gasteiger partial charge in [0, 0.05) is 41.1 Å². The average Bonchev–Trinajstić information content (AvgIpc) is 3.13. The summed E-state index contributed by atoms with van der Waals surface area (Å²) in [5.74, 6) is 0.706. The lowest BCUT2D eigenvalue weighted by molar-refractivity contribution is 0.0934. The third kappa shape index (κ3) is 3.77. The number of nitrogens with zero attached hydrogens (tertiary/aromatic N) is 4. The highest BCUT2D eigenvalue weighted by atomic mass is 16.2. The standard InChI is InChI=1S/C19H22N6O/c1-11(2)16-9-17(25-24-16)19(26)23-13(4)15-10-21-18(22-12(15)3)14-5-7-20-8-6-14/h5-11,13H,1-4H3,(H,23,26)(H,24,25). The molecule has 7 nitrogen and oxygen atoms in total. The summed E-state index contributed by atoms with van der Waals surface area (Å²) >= 11 is 0. The summed E-state index contributed by atoms with van der Waals surface area (Å²) < 4.78 is 0. The zero-order chi connectivity index (χ0) is 18.7. The molecule has 0 fully saturated rings. The number of carbonyl (C=O) groups is 1. The van der Waals surface area contributed by atoms with Gasteiger partial charge in [-0.1, -0.05) is 13.8 Å². The fraction of sp³-hybridized carbons (Fsp3) is 0.316. The van der Waals surface area contributed by atoms with Gasteiger partial charge in [0.25, 0.3) is 5.91 Å². The van der Waals surface area contributed by atoms with E-state index in [-0.39, 0.29) is 17.9 Å². The van der Waals surface area contributed by atoms with Gasteiger partial charge in [-0.25, -0.2) is 9.97 Å². The number of hydrogen-bond acceptors (Lipinski definition) is 5. The number of aromatic nitrogens is 5. The maximum Gasteiger partial charge on any atom is 0.272 e. The van der Waals surface area contributed by atoms with E-state index in [1.54, 1.807) is 24.7 Å². The van der Waals surface area contributed by atoms with Crippen LogP contribution in [0.2, 0.25) is 0 Å². The van der Waals surface area contributed by atoms with E-state index in [4.69, 9.17) is 0 Å². The highest BCUT2D eigenvalue weighted by Crippen LogP contribution is 2.20. The third-order valence-electron chi connectivity index (χ3n) is 4.22. The Hall–Kier alpha value is -3.09. The minimum absolute atomic E-state index is 0.224. The van der Waals surface area contributed by atoms with Crippen molar-refractivity contribution in [2.45, 2.75) is 39.7 Å². The maximum absolute atomic E-state index is 12.4. The Morgan fingerprint density at radius 1 is 1.19 bits per heavy atom. The first-order valence-corrected chi connectivity index (χ1v) is 8.55. The van der Waals surface area contributed by atoms with Gasteiger partial charge < -0.3 is 5.32 Å². The number of hydrogen-bond donors (Lipinski definition) is 2. The second-order valence-corrected chi connectivity index (χ2v) is 6.53. The van der Waals surface area contributed by atoms with Gasteiger partial charge in [-0.2, -0.15) is 5.10 Å². The van der Waals surface area contributed by atoms with E-state index < -0.39 is 0 Å². The molecule has 3 rings (SSSR count). The number of aryl methyl sites for hydroxylation is 1. The van der Waals surface area contributed by atoms with Gasteiger partial charge in [-0.05, 0) is 38.0 Å². The zero-order valence-electron chi connectivity index (χ0n) is 15.3. The highest BCUT2D eigenvalue weighted by molar-refractivity contribution is 5.92. The molecule has 26 heavy (non-hydrogen) atoms. The lowest BCUT2D eigenvalue weighted by Gasteiger charge is -2.15. The molecule has 3 aromatic rings. The molecule has 3 aromatic heterocycles. The van der Waals surface area contributed by atoms with E-state index >= 15 is 0 Å². The van der Waals surface area contributed by atoms with Crippen LogP contribution in [-0.4, -0.2) is 31.1 Å². The number of nitrogens with one attached hydrogen (secondary N) is 2. The molecule has 7 heteroatoms. The third-order valence-corrected chi connectivity index (χ3v) is 4.22. The van der Waals surface area contributed by atoms with Crippen LogP contribution in [0.5, 0.6) is 0 Å². The zero-order valence-corrected chi connectivity index (χ0v) is 15.3. The van der Waals surface area contributed by atoms with Crippen LogP contribution in [0.4, 0.5) is 0 Å². The van der Waals surface area contributed by atoms with Crippen molar-refractivity contribution in [2.75, 3.05) is 0 Å². The van der Waals surface area contributed by atoms with Crippen molar-refractivity contribution < 1.29 is 4.79 Å². The average molecular weight is 350 g/mol. The van der Waals surface area contributed by atoms with Crippen molar-refractivity contribution in [2.24, 2.45) is 0 Å². The molecular weight excluding hydrogens is 328 g/mol. The first kappa shape index (κ1) is 17.7. The molecule has 2 N–H and O–H groups in total. The van der Waals surface area contributed by atoms with Crippen LogP contribution in [0.25, 0.3) is 11.4 Å². The molecule has 3 heterocycles. The monoisotopic (exact) mass is 350 g/mol. The van der Waals surface area contributed by atoms with E-state index in [1.165, 1.54) is 0 Å². The van der Waals surface area contributed by atoms with E-state index in [2.05, 4.69) is 30.5 Å². The fourth-order valence-corrected chi connectivity index (χ4v) is 2.64. The normalized spacial score (nSPS) is 12.2. The van der Waals surface area contributed by atoms with Gasteiger partial charge in [0.05, 0.1) is 6.04 Å². The summed E-state index contributed by atoms with van der Waals surface area (Å²) in [5.41, 5.74) is 3.92. The number of amides is 1. The SMILES string of the molecule is Cc1nc(-c2ccncc2)ncc1C(C)NC(=O)c1cc(C(C)C)[nH]n1. The molecule has 0 saturated heterocycles. The van der Waals surface area contributed by atoms with Crippen molar-refractivity contribution in [3.63, 3.8) is 0 Å². The van der Waals surface area contributed by atoms with Crippen LogP contribution in [0, 0.1) is 6.92 Å². The van der Waals surface area contributed by atoms with Crippen LogP contribution in [0.1, 0.15) is 60.2 Å². The van der Waals surface area contributed by atoms with Gasteiger partial charge in [0.1, 0.15) is 5.69 Å². The molecule has 0 bridgehead atoms. The molecule has 1 amide bonds. The predicted octanol–water partition coefficient (Wildman–Crippen LogP) is 3.18. The molecule has 0 spiro atoms. The van der Waals surface area contributed by atoms with Gasteiger partial charge in [0.2, 0.25) is 0 Å². The molecule has 0 aliphatic heterocycles. The van der Waals surface area contributed by atoms with Gasteiger partial charge in [-0.3, -0.25) is 14.9 Å². The van der Waals surface area contributed by atoms with Crippen molar-refractivity contribution >= 4 is 5.91 Å². The highest BCUT2D eigenvalue weighted by Gasteiger charge is 2.18. The number of H-pyrrole nitrogens is 1. The second-order valence-electron chi connectivity index (χ2n) is 6.53. The minimum Gasteiger partial charge on any atom is -0.344 e. The summed E-state index contributed by atoms with van der Waals surface area (Å²) in [4.78, 5) is 25.4. The minimum atomic E-state index is -0.229. The molecule has 0 saturated carbocycles. The topological polar surface area (TPSA) is 96.5 Å². The van der Waals surface area contributed by atoms with Crippen molar-refractivity contribution in [1.29, 1.82) is 0 Å². The predicted molar refractivity (Wildman–Crippen MR) is 98.6 cm³/mol. The van der Waals surface area contributed by atoms with Crippen molar-refractivity contribution in [3.05, 3.63) is 59.4 Å². The lowest BCUT2D eigenvalue weighted by Crippen LogP contribution is -2.27. The van der Waals surface area contributed by atoms with Crippen LogP contribution >= 0.6 is 0 Å². The van der Waals surface area contributed by atoms with Crippen LogP contribution < -0.4 is 5.32 Å². The van der Waals surface area contributed by atoms with E-state index in [0.29, 0.717) is 11.5 Å². The van der Waals surface area contributed by atoms with Crippen LogP contribution in [0.15, 0.2) is 36.8 Å². The van der Waals surface area contributed by atoms with Crippen LogP contribution in [0.3, 0.4) is 0 Å². The molecule has 1 unspecified atom stereocenters. The molecule has 0 radical (unpaired) electrons. The molecule has 1 atom stereocenters. The number of pyridine rings is 1. The summed E-state index contributed by atoms with van der Waals surface area (Å²) in [6.07, 6.45) is 5.17. The van der Waals surface area contributed by atoms with Crippen molar-refractivity contribution in [1.82, 2.24) is 30.5 Å². The fourth-order valence-electron chi connectivity index (χ4n) is 2.64. The Morgan fingerprint density at radius 3 is 2.54 bits per heavy atom. The Balaban J connectivity index is 1.75. The summed E-state index contributed by atoms with van der Waals surface area (Å²) in [6, 6.07) is 5.28. The molecular formula is C19H22N6O. The van der Waals surface area contributed by atoms with Crippen molar-refractivity contribution in [3.8, 4) is 11.4 Å². The Labute approximate surface area is 152 Å². The molecule has 0 aliphatic carbocycles. The number of aromatic amines is 1.